The van der Waals surface area contributed by atoms with Crippen LogP contribution in [0, 0.1) is 0 Å². The van der Waals surface area contributed by atoms with E-state index in [1.807, 2.05) is 27.7 Å². The molecule has 1 atom stereocenters. The van der Waals surface area contributed by atoms with Gasteiger partial charge >= 0.3 is 12.1 Å². The van der Waals surface area contributed by atoms with Gasteiger partial charge < -0.3 is 19.7 Å². The molecule has 9 nitrogen and oxygen atoms in total. The molecular weight excluding hydrogens is 414 g/mol. The predicted molar refractivity (Wildman–Crippen MR) is 119 cm³/mol. The molecule has 1 N–H and O–H groups in total. The summed E-state index contributed by atoms with van der Waals surface area (Å²) in [4.78, 5) is 55.9. The Balaban J connectivity index is 3.02. The number of pyridine rings is 1. The summed E-state index contributed by atoms with van der Waals surface area (Å²) in [6, 6.07) is 0.336. The molecule has 1 aromatic rings. The zero-order valence-electron chi connectivity index (χ0n) is 20.2. The Morgan fingerprint density at radius 3 is 2.16 bits per heavy atom. The van der Waals surface area contributed by atoms with Crippen LogP contribution in [-0.2, 0) is 14.3 Å². The second kappa shape index (κ2) is 11.6. The third kappa shape index (κ3) is 7.94. The number of ether oxygens (including phenoxy) is 2. The summed E-state index contributed by atoms with van der Waals surface area (Å²) >= 11 is 0. The fourth-order valence-corrected chi connectivity index (χ4v) is 3.26. The molecule has 0 radical (unpaired) electrons. The maximum absolute atomic E-state index is 13.1. The van der Waals surface area contributed by atoms with E-state index in [0.29, 0.717) is 0 Å². The average Bonchev–Trinajstić information content (AvgIpc) is 2.68. The van der Waals surface area contributed by atoms with Crippen LogP contribution in [0.15, 0.2) is 18.5 Å². The zero-order valence-corrected chi connectivity index (χ0v) is 20.2. The molecule has 0 aliphatic rings. The summed E-state index contributed by atoms with van der Waals surface area (Å²) in [5.41, 5.74) is -0.323. The summed E-state index contributed by atoms with van der Waals surface area (Å²) in [6.07, 6.45) is 1.89. The van der Waals surface area contributed by atoms with Gasteiger partial charge in [-0.15, -0.1) is 0 Å². The summed E-state index contributed by atoms with van der Waals surface area (Å²) in [5.74, 6) is -1.33. The van der Waals surface area contributed by atoms with Gasteiger partial charge in [-0.1, -0.05) is 0 Å². The molecule has 0 saturated carbocycles. The molecule has 0 bridgehead atoms. The quantitative estimate of drug-likeness (QED) is 0.454. The normalized spacial score (nSPS) is 12.3. The molecule has 0 spiro atoms. The molecule has 9 heteroatoms. The lowest BCUT2D eigenvalue weighted by Crippen LogP contribution is -2.44. The van der Waals surface area contributed by atoms with Gasteiger partial charge in [-0.3, -0.25) is 14.6 Å². The molecule has 1 rings (SSSR count). The van der Waals surface area contributed by atoms with Crippen LogP contribution in [-0.4, -0.2) is 64.5 Å². The van der Waals surface area contributed by atoms with Gasteiger partial charge in [-0.25, -0.2) is 9.59 Å². The maximum Gasteiger partial charge on any atom is 0.408 e. The molecule has 178 valence electrons. The van der Waals surface area contributed by atoms with Crippen LogP contribution >= 0.6 is 0 Å². The lowest BCUT2D eigenvalue weighted by Gasteiger charge is -2.31. The molecule has 2 amide bonds. The minimum atomic E-state index is -1.07. The van der Waals surface area contributed by atoms with Crippen LogP contribution in [0.2, 0.25) is 0 Å². The Morgan fingerprint density at radius 1 is 1.06 bits per heavy atom. The van der Waals surface area contributed by atoms with E-state index in [-0.39, 0.29) is 47.7 Å². The smallest absolute Gasteiger partial charge is 0.408 e. The van der Waals surface area contributed by atoms with E-state index in [1.165, 1.54) is 25.6 Å². The first-order valence-electron chi connectivity index (χ1n) is 10.7. The second-order valence-corrected chi connectivity index (χ2v) is 9.01. The van der Waals surface area contributed by atoms with E-state index < -0.39 is 23.7 Å². The van der Waals surface area contributed by atoms with Crippen molar-refractivity contribution in [3.63, 3.8) is 0 Å². The number of aromatic nitrogens is 1. The van der Waals surface area contributed by atoms with Crippen molar-refractivity contribution in [2.24, 2.45) is 0 Å². The highest BCUT2D eigenvalue weighted by atomic mass is 16.6. The minimum Gasteiger partial charge on any atom is -0.467 e. The number of rotatable bonds is 9. The Labute approximate surface area is 189 Å². The number of esters is 1. The second-order valence-electron chi connectivity index (χ2n) is 9.01. The first kappa shape index (κ1) is 27.1. The van der Waals surface area contributed by atoms with Crippen molar-refractivity contribution in [3.8, 4) is 0 Å². The fourth-order valence-electron chi connectivity index (χ4n) is 3.26. The van der Waals surface area contributed by atoms with Crippen molar-refractivity contribution in [3.05, 3.63) is 29.6 Å². The SMILES string of the molecule is COC(=O)[C@H](CCC(=O)c1cnccc1C(=O)N(C(C)C)C(C)C)NC(=O)OC(C)(C)C. The van der Waals surface area contributed by atoms with Gasteiger partial charge in [-0.2, -0.15) is 0 Å². The fraction of sp³-hybridized carbons (Fsp3) is 0.609. The molecule has 1 heterocycles. The van der Waals surface area contributed by atoms with Crippen molar-refractivity contribution >= 4 is 23.8 Å². The van der Waals surface area contributed by atoms with Gasteiger partial charge in [0.05, 0.1) is 12.7 Å². The van der Waals surface area contributed by atoms with Crippen molar-refractivity contribution in [1.29, 1.82) is 0 Å². The van der Waals surface area contributed by atoms with Crippen LogP contribution in [0.3, 0.4) is 0 Å². The van der Waals surface area contributed by atoms with Crippen molar-refractivity contribution < 1.29 is 28.7 Å². The van der Waals surface area contributed by atoms with Gasteiger partial charge in [0.25, 0.3) is 5.91 Å². The van der Waals surface area contributed by atoms with Gasteiger partial charge in [0.15, 0.2) is 5.78 Å². The van der Waals surface area contributed by atoms with E-state index in [9.17, 15) is 19.2 Å². The third-order valence-electron chi connectivity index (χ3n) is 4.54. The Kier molecular flexibility index (Phi) is 9.80. The number of nitrogens with one attached hydrogen (secondary N) is 1. The summed E-state index contributed by atoms with van der Waals surface area (Å²) in [7, 11) is 1.19. The monoisotopic (exact) mass is 449 g/mol. The highest BCUT2D eigenvalue weighted by Crippen LogP contribution is 2.18. The zero-order chi connectivity index (χ0) is 24.6. The van der Waals surface area contributed by atoms with E-state index >= 15 is 0 Å². The van der Waals surface area contributed by atoms with Gasteiger partial charge in [0.1, 0.15) is 11.6 Å². The van der Waals surface area contributed by atoms with E-state index in [4.69, 9.17) is 9.47 Å². The number of carbonyl (C=O) groups is 4. The van der Waals surface area contributed by atoms with E-state index in [1.54, 1.807) is 25.7 Å². The highest BCUT2D eigenvalue weighted by Gasteiger charge is 2.28. The number of Topliss-reactive ketones (excluding diaryl/α,β-unsaturated/α-hetero) is 1. The van der Waals surface area contributed by atoms with Gasteiger partial charge in [0, 0.05) is 36.5 Å². The Morgan fingerprint density at radius 2 is 1.66 bits per heavy atom. The molecule has 0 saturated heterocycles. The van der Waals surface area contributed by atoms with Crippen molar-refractivity contribution in [2.45, 2.75) is 85.0 Å². The van der Waals surface area contributed by atoms with E-state index in [0.717, 1.165) is 0 Å². The van der Waals surface area contributed by atoms with Crippen LogP contribution < -0.4 is 5.32 Å². The molecular formula is C23H35N3O6. The largest absolute Gasteiger partial charge is 0.467 e. The molecule has 0 unspecified atom stereocenters. The standard InChI is InChI=1S/C23H35N3O6/c1-14(2)26(15(3)4)20(28)16-11-12-24-13-17(16)19(27)10-9-18(21(29)31-8)25-22(30)32-23(5,6)7/h11-15,18H,9-10H2,1-8H3,(H,25,30)/t18-/m0/s1. The third-order valence-corrected chi connectivity index (χ3v) is 4.54. The first-order valence-corrected chi connectivity index (χ1v) is 10.7. The maximum atomic E-state index is 13.1. The summed E-state index contributed by atoms with van der Waals surface area (Å²) in [5, 5.41) is 2.44. The molecule has 1 aromatic heterocycles. The number of carbonyl (C=O) groups excluding carboxylic acids is 4. The molecule has 0 aliphatic heterocycles. The molecule has 32 heavy (non-hydrogen) atoms. The van der Waals surface area contributed by atoms with Crippen molar-refractivity contribution in [2.75, 3.05) is 7.11 Å². The lowest BCUT2D eigenvalue weighted by atomic mass is 9.99. The number of alkyl carbamates (subject to hydrolysis) is 1. The average molecular weight is 450 g/mol. The first-order chi connectivity index (χ1) is 14.8. The number of hydrogen-bond acceptors (Lipinski definition) is 7. The number of ketones is 1. The van der Waals surface area contributed by atoms with Crippen LogP contribution in [0.4, 0.5) is 4.79 Å². The summed E-state index contributed by atoms with van der Waals surface area (Å²) < 4.78 is 9.91. The number of amides is 2. The van der Waals surface area contributed by atoms with Crippen LogP contribution in [0.5, 0.6) is 0 Å². The molecule has 0 aliphatic carbocycles. The predicted octanol–water partition coefficient (Wildman–Crippen LogP) is 3.37. The highest BCUT2D eigenvalue weighted by molar-refractivity contribution is 6.08. The Hall–Kier alpha value is -2.97. The molecule has 0 aromatic carbocycles. The number of methoxy groups -OCH3 is 1. The van der Waals surface area contributed by atoms with Gasteiger partial charge in [0.2, 0.25) is 0 Å². The molecule has 0 fully saturated rings. The number of nitrogens with zero attached hydrogens (tertiary/aromatic N) is 2. The van der Waals surface area contributed by atoms with E-state index in [2.05, 4.69) is 10.3 Å². The Bertz CT molecular complexity index is 821. The van der Waals surface area contributed by atoms with Crippen molar-refractivity contribution in [1.82, 2.24) is 15.2 Å². The number of hydrogen-bond donors (Lipinski definition) is 1. The lowest BCUT2D eigenvalue weighted by molar-refractivity contribution is -0.143. The topological polar surface area (TPSA) is 115 Å². The minimum absolute atomic E-state index is 0.0225. The van der Waals surface area contributed by atoms with Crippen LogP contribution in [0.1, 0.15) is 82.0 Å². The summed E-state index contributed by atoms with van der Waals surface area (Å²) in [6.45, 7) is 12.7. The van der Waals surface area contributed by atoms with Crippen LogP contribution in [0.25, 0.3) is 0 Å². The van der Waals surface area contributed by atoms with Gasteiger partial charge in [-0.05, 0) is 61.0 Å².